The van der Waals surface area contributed by atoms with Crippen molar-refractivity contribution >= 4 is 11.4 Å². The molecule has 0 aliphatic carbocycles. The van der Waals surface area contributed by atoms with Crippen molar-refractivity contribution in [2.45, 2.75) is 19.4 Å². The van der Waals surface area contributed by atoms with Gasteiger partial charge in [0.05, 0.1) is 0 Å². The largest absolute Gasteiger partial charge is 0.489 e. The number of nitrogens with zero attached hydrogens (tertiary/aromatic N) is 3. The van der Waals surface area contributed by atoms with Crippen molar-refractivity contribution in [1.82, 2.24) is 14.6 Å². The first-order valence-electron chi connectivity index (χ1n) is 9.07. The van der Waals surface area contributed by atoms with Crippen LogP contribution in [0.1, 0.15) is 27.9 Å². The normalized spacial score (nSPS) is 11.0. The fraction of sp³-hybridized carbons (Fsp3) is 0.136. The lowest BCUT2D eigenvalue weighted by Crippen LogP contribution is -2.04. The minimum atomic E-state index is -0.413. The highest BCUT2D eigenvalue weighted by Crippen LogP contribution is 2.21. The number of aromatic nitrogens is 3. The second kappa shape index (κ2) is 8.18. The highest BCUT2D eigenvalue weighted by Gasteiger charge is 2.11. The van der Waals surface area contributed by atoms with Gasteiger partial charge < -0.3 is 4.74 Å². The molecule has 4 rings (SSSR count). The molecule has 29 heavy (non-hydrogen) atoms. The fourth-order valence-corrected chi connectivity index (χ4v) is 2.99. The molecule has 0 aliphatic heterocycles. The molecule has 0 amide bonds. The molecule has 146 valence electrons. The number of halogens is 2. The average molecular weight is 393 g/mol. The minimum absolute atomic E-state index is 0.0367. The minimum Gasteiger partial charge on any atom is -0.489 e. The van der Waals surface area contributed by atoms with E-state index in [0.29, 0.717) is 28.1 Å². The van der Waals surface area contributed by atoms with Gasteiger partial charge in [0.15, 0.2) is 11.4 Å². The maximum atomic E-state index is 14.2. The Morgan fingerprint density at radius 1 is 1.00 bits per heavy atom. The molecule has 5 nitrogen and oxygen atoms in total. The Bertz CT molecular complexity index is 1170. The molecule has 0 radical (unpaired) electrons. The molecular formula is C22H17F2N3O2. The first-order valence-corrected chi connectivity index (χ1v) is 9.07. The Balaban J connectivity index is 1.42. The Kier molecular flexibility index (Phi) is 5.29. The van der Waals surface area contributed by atoms with Gasteiger partial charge in [-0.25, -0.2) is 8.78 Å². The summed E-state index contributed by atoms with van der Waals surface area (Å²) in [5, 5.41) is 7.69. The van der Waals surface area contributed by atoms with Crippen molar-refractivity contribution < 1.29 is 18.3 Å². The van der Waals surface area contributed by atoms with Gasteiger partial charge in [-0.1, -0.05) is 18.2 Å². The van der Waals surface area contributed by atoms with Crippen LogP contribution >= 0.6 is 0 Å². The van der Waals surface area contributed by atoms with Crippen LogP contribution < -0.4 is 4.74 Å². The molecule has 0 N–H and O–H groups in total. The van der Waals surface area contributed by atoms with E-state index in [-0.39, 0.29) is 31.0 Å². The zero-order valence-corrected chi connectivity index (χ0v) is 15.4. The number of pyridine rings is 1. The number of carbonyl (C=O) groups is 1. The molecule has 2 aromatic heterocycles. The van der Waals surface area contributed by atoms with Gasteiger partial charge in [0.1, 0.15) is 30.3 Å². The highest BCUT2D eigenvalue weighted by atomic mass is 19.1. The second-order valence-corrected chi connectivity index (χ2v) is 6.57. The molecule has 7 heteroatoms. The molecule has 2 aromatic carbocycles. The molecule has 0 spiro atoms. The lowest BCUT2D eigenvalue weighted by Gasteiger charge is -2.10. The third-order valence-electron chi connectivity index (χ3n) is 4.61. The molecule has 0 aliphatic rings. The van der Waals surface area contributed by atoms with Gasteiger partial charge in [-0.2, -0.15) is 0 Å². The average Bonchev–Trinajstić information content (AvgIpc) is 3.21. The van der Waals surface area contributed by atoms with Crippen LogP contribution in [0.3, 0.4) is 0 Å². The van der Waals surface area contributed by atoms with E-state index >= 15 is 0 Å². The topological polar surface area (TPSA) is 56.5 Å². The number of ketones is 1. The van der Waals surface area contributed by atoms with Gasteiger partial charge in [0.2, 0.25) is 0 Å². The number of carbonyl (C=O) groups excluding carboxylic acids is 1. The summed E-state index contributed by atoms with van der Waals surface area (Å²) in [6, 6.07) is 14.0. The third kappa shape index (κ3) is 4.29. The summed E-state index contributed by atoms with van der Waals surface area (Å²) in [4.78, 5) is 12.5. The van der Waals surface area contributed by atoms with E-state index in [0.717, 1.165) is 0 Å². The van der Waals surface area contributed by atoms with Crippen molar-refractivity contribution in [2.24, 2.45) is 0 Å². The predicted octanol–water partition coefficient (Wildman–Crippen LogP) is 4.40. The first kappa shape index (κ1) is 18.7. The zero-order chi connectivity index (χ0) is 20.2. The molecule has 2 heterocycles. The van der Waals surface area contributed by atoms with Crippen LogP contribution in [0.15, 0.2) is 67.1 Å². The fourth-order valence-electron chi connectivity index (χ4n) is 2.99. The number of fused-ring (bicyclic) bond motifs is 1. The van der Waals surface area contributed by atoms with E-state index < -0.39 is 5.82 Å². The van der Waals surface area contributed by atoms with Crippen molar-refractivity contribution in [3.05, 3.63) is 95.4 Å². The molecule has 0 fully saturated rings. The Morgan fingerprint density at radius 3 is 2.69 bits per heavy atom. The van der Waals surface area contributed by atoms with E-state index in [1.807, 2.05) is 0 Å². The summed E-state index contributed by atoms with van der Waals surface area (Å²) in [5.41, 5.74) is 1.86. The van der Waals surface area contributed by atoms with Gasteiger partial charge in [0.25, 0.3) is 0 Å². The molecular weight excluding hydrogens is 376 g/mol. The number of hydrogen-bond donors (Lipinski definition) is 0. The summed E-state index contributed by atoms with van der Waals surface area (Å²) in [6.07, 6.45) is 3.61. The number of ether oxygens (including phenoxy) is 1. The number of rotatable bonds is 7. The Labute approximate surface area is 165 Å². The maximum Gasteiger partial charge on any atom is 0.163 e. The molecule has 0 saturated carbocycles. The maximum absolute atomic E-state index is 14.2. The van der Waals surface area contributed by atoms with Crippen LogP contribution in [0.25, 0.3) is 5.65 Å². The number of Topliss-reactive ketones (excluding diaryl/α,β-unsaturated/α-hetero) is 1. The first-order chi connectivity index (χ1) is 14.1. The van der Waals surface area contributed by atoms with Crippen molar-refractivity contribution in [3.63, 3.8) is 0 Å². The molecule has 4 aromatic rings. The van der Waals surface area contributed by atoms with Crippen LogP contribution in [0.5, 0.6) is 5.75 Å². The summed E-state index contributed by atoms with van der Waals surface area (Å²) < 4.78 is 35.2. The van der Waals surface area contributed by atoms with Crippen molar-refractivity contribution in [2.75, 3.05) is 0 Å². The molecule has 0 unspecified atom stereocenters. The van der Waals surface area contributed by atoms with Crippen LogP contribution in [0.2, 0.25) is 0 Å². The zero-order valence-electron chi connectivity index (χ0n) is 15.4. The lowest BCUT2D eigenvalue weighted by molar-refractivity contribution is 0.0982. The molecule has 0 saturated heterocycles. The van der Waals surface area contributed by atoms with E-state index in [1.165, 1.54) is 18.2 Å². The summed E-state index contributed by atoms with van der Waals surface area (Å²) >= 11 is 0. The van der Waals surface area contributed by atoms with Crippen molar-refractivity contribution in [1.29, 1.82) is 0 Å². The highest BCUT2D eigenvalue weighted by molar-refractivity contribution is 5.96. The quantitative estimate of drug-likeness (QED) is 0.437. The molecule has 0 atom stereocenters. The smallest absolute Gasteiger partial charge is 0.163 e. The van der Waals surface area contributed by atoms with Crippen LogP contribution in [0, 0.1) is 11.6 Å². The van der Waals surface area contributed by atoms with E-state index in [1.54, 1.807) is 53.3 Å². The van der Waals surface area contributed by atoms with E-state index in [4.69, 9.17) is 4.74 Å². The second-order valence-electron chi connectivity index (χ2n) is 6.57. The van der Waals surface area contributed by atoms with Gasteiger partial charge >= 0.3 is 0 Å². The summed E-state index contributed by atoms with van der Waals surface area (Å²) in [7, 11) is 0. The third-order valence-corrected chi connectivity index (χ3v) is 4.61. The van der Waals surface area contributed by atoms with Gasteiger partial charge in [-0.15, -0.1) is 10.2 Å². The predicted molar refractivity (Wildman–Crippen MR) is 103 cm³/mol. The summed E-state index contributed by atoms with van der Waals surface area (Å²) in [6.45, 7) is 0.0367. The monoisotopic (exact) mass is 393 g/mol. The summed E-state index contributed by atoms with van der Waals surface area (Å²) in [5.74, 6) is -0.469. The van der Waals surface area contributed by atoms with E-state index in [9.17, 15) is 13.6 Å². The Morgan fingerprint density at radius 2 is 1.83 bits per heavy atom. The van der Waals surface area contributed by atoms with Gasteiger partial charge in [-0.05, 0) is 48.4 Å². The van der Waals surface area contributed by atoms with Crippen LogP contribution in [-0.2, 0) is 13.0 Å². The number of aryl methyl sites for hydroxylation is 1. The number of benzene rings is 2. The standard InChI is InChI=1S/C22H17F2N3O2/c23-19-4-2-1-3-17(19)13-29-18-6-7-20(24)15(11-18)5-8-21(28)16-9-10-27-14-25-26-22(27)12-16/h1-4,6-7,9-12,14H,5,8,13H2. The lowest BCUT2D eigenvalue weighted by atomic mass is 10.0. The van der Waals surface area contributed by atoms with Crippen LogP contribution in [0.4, 0.5) is 8.78 Å². The van der Waals surface area contributed by atoms with Crippen LogP contribution in [-0.4, -0.2) is 20.4 Å². The van der Waals surface area contributed by atoms with E-state index in [2.05, 4.69) is 10.2 Å². The molecule has 0 bridgehead atoms. The SMILES string of the molecule is O=C(CCc1cc(OCc2ccccc2F)ccc1F)c1ccn2cnnc2c1. The van der Waals surface area contributed by atoms with Gasteiger partial charge in [-0.3, -0.25) is 9.20 Å². The van der Waals surface area contributed by atoms with Gasteiger partial charge in [0, 0.05) is 23.7 Å². The Hall–Kier alpha value is -3.61. The number of hydrogen-bond acceptors (Lipinski definition) is 4. The van der Waals surface area contributed by atoms with Crippen molar-refractivity contribution in [3.8, 4) is 5.75 Å².